The molecular weight excluding hydrogens is 567 g/mol. The van der Waals surface area contributed by atoms with Crippen molar-refractivity contribution in [2.45, 2.75) is 51.2 Å². The lowest BCUT2D eigenvalue weighted by atomic mass is 9.87. The molecule has 2 aliphatic rings. The molecule has 226 valence electrons. The topological polar surface area (TPSA) is 89.7 Å². The van der Waals surface area contributed by atoms with Crippen LogP contribution in [0.25, 0.3) is 11.1 Å². The lowest BCUT2D eigenvalue weighted by Crippen LogP contribution is -2.38. The lowest BCUT2D eigenvalue weighted by Gasteiger charge is -2.41. The molecule has 0 radical (unpaired) electrons. The summed E-state index contributed by atoms with van der Waals surface area (Å²) in [4.78, 5) is 17.3. The van der Waals surface area contributed by atoms with Gasteiger partial charge in [0.1, 0.15) is 11.7 Å². The summed E-state index contributed by atoms with van der Waals surface area (Å²) in [6.45, 7) is 7.02. The predicted molar refractivity (Wildman–Crippen MR) is 159 cm³/mol. The normalized spacial score (nSPS) is 22.7. The lowest BCUT2D eigenvalue weighted by molar-refractivity contribution is -0.130. The van der Waals surface area contributed by atoms with Gasteiger partial charge in [-0.25, -0.2) is 13.2 Å². The summed E-state index contributed by atoms with van der Waals surface area (Å²) in [6.07, 6.45) is 11.0. The van der Waals surface area contributed by atoms with E-state index in [1.165, 1.54) is 6.92 Å². The second-order valence-corrected chi connectivity index (χ2v) is 14.1. The number of pyridine rings is 1. The minimum atomic E-state index is -4.73. The summed E-state index contributed by atoms with van der Waals surface area (Å²) >= 11 is 0. The Bertz CT molecular complexity index is 1540. The Morgan fingerprint density at radius 3 is 2.45 bits per heavy atom. The number of hydrogen-bond acceptors (Lipinski definition) is 5. The fourth-order valence-electron chi connectivity index (χ4n) is 5.11. The molecular formula is C30H36F3N5O3S. The fourth-order valence-corrected chi connectivity index (χ4v) is 6.80. The van der Waals surface area contributed by atoms with E-state index in [0.717, 1.165) is 31.1 Å². The van der Waals surface area contributed by atoms with E-state index in [9.17, 15) is 17.8 Å². The van der Waals surface area contributed by atoms with E-state index in [-0.39, 0.29) is 24.1 Å². The Hall–Kier alpha value is -3.64. The van der Waals surface area contributed by atoms with Crippen molar-refractivity contribution in [3.05, 3.63) is 83.9 Å². The quantitative estimate of drug-likeness (QED) is 0.268. The third kappa shape index (κ3) is 6.54. The Morgan fingerprint density at radius 1 is 1.19 bits per heavy atom. The third-order valence-electron chi connectivity index (χ3n) is 7.82. The maximum absolute atomic E-state index is 16.4. The molecule has 2 unspecified atom stereocenters. The van der Waals surface area contributed by atoms with Gasteiger partial charge in [-0.1, -0.05) is 28.3 Å². The van der Waals surface area contributed by atoms with Crippen LogP contribution in [0.5, 0.6) is 0 Å². The van der Waals surface area contributed by atoms with Crippen molar-refractivity contribution < 1.29 is 26.4 Å². The first kappa shape index (κ1) is 31.3. The van der Waals surface area contributed by atoms with Gasteiger partial charge in [-0.2, -0.15) is 13.7 Å². The molecule has 0 aromatic carbocycles. The van der Waals surface area contributed by atoms with E-state index in [0.29, 0.717) is 37.2 Å². The minimum Gasteiger partial charge on any atom is -0.343 e. The number of carbonyl (C=O) groups is 1. The van der Waals surface area contributed by atoms with E-state index in [1.54, 1.807) is 36.4 Å². The highest BCUT2D eigenvalue weighted by molar-refractivity contribution is 8.17. The van der Waals surface area contributed by atoms with Gasteiger partial charge in [0.15, 0.2) is 6.17 Å². The monoisotopic (exact) mass is 603 g/mol. The number of alkyl halides is 1. The van der Waals surface area contributed by atoms with Crippen LogP contribution < -0.4 is 0 Å². The Morgan fingerprint density at radius 2 is 1.86 bits per heavy atom. The van der Waals surface area contributed by atoms with Crippen molar-refractivity contribution in [2.75, 3.05) is 26.5 Å². The van der Waals surface area contributed by atoms with Gasteiger partial charge in [-0.15, -0.1) is 0 Å². The van der Waals surface area contributed by atoms with Crippen LogP contribution in [0.2, 0.25) is 0 Å². The van der Waals surface area contributed by atoms with Gasteiger partial charge in [0, 0.05) is 56.8 Å². The summed E-state index contributed by atoms with van der Waals surface area (Å²) in [5.41, 5.74) is 1.89. The number of carbonyl (C=O) groups excluding carboxylic acids is 1. The number of amides is 1. The zero-order chi connectivity index (χ0) is 30.7. The van der Waals surface area contributed by atoms with Crippen LogP contribution in [0.3, 0.4) is 0 Å². The molecule has 0 spiro atoms. The van der Waals surface area contributed by atoms with Gasteiger partial charge >= 0.3 is 0 Å². The number of allylic oxidation sites excluding steroid dienone is 7. The average molecular weight is 604 g/mol. The zero-order valence-electron chi connectivity index (χ0n) is 24.2. The number of hydrogen-bond donors (Lipinski definition) is 0. The molecule has 12 heteroatoms. The molecule has 8 nitrogen and oxygen atoms in total. The fraction of sp³-hybridized carbons (Fsp3) is 0.400. The smallest absolute Gasteiger partial charge is 0.219 e. The van der Waals surface area contributed by atoms with Gasteiger partial charge in [-0.3, -0.25) is 18.6 Å². The second kappa shape index (κ2) is 12.3. The molecule has 1 aliphatic heterocycles. The maximum Gasteiger partial charge on any atom is 0.219 e. The number of rotatable bonds is 8. The molecule has 42 heavy (non-hydrogen) atoms. The SMILES string of the molecule is C=C(F)/C=C\C(F)=C(/C)S(C)(=O)(N=C1CC=CC(c2nn(C3CCN(C(C)=O)CC3)cc2-c2ccncc2)C1F)OC. The Balaban J connectivity index is 1.74. The molecule has 4 rings (SSSR count). The van der Waals surface area contributed by atoms with E-state index >= 15 is 4.39 Å². The maximum atomic E-state index is 16.4. The van der Waals surface area contributed by atoms with Gasteiger partial charge in [0.05, 0.1) is 35.4 Å². The van der Waals surface area contributed by atoms with Gasteiger partial charge in [0.2, 0.25) is 5.91 Å². The minimum absolute atomic E-state index is 0.0189. The highest BCUT2D eigenvalue weighted by atomic mass is 32.3. The summed E-state index contributed by atoms with van der Waals surface area (Å²) in [6, 6.07) is 3.65. The van der Waals surface area contributed by atoms with Crippen LogP contribution >= 0.6 is 0 Å². The number of aromatic nitrogens is 3. The summed E-state index contributed by atoms with van der Waals surface area (Å²) in [7, 11) is -3.62. The molecule has 2 aromatic heterocycles. The molecule has 2 atom stereocenters. The van der Waals surface area contributed by atoms with Crippen LogP contribution in [-0.4, -0.2) is 68.1 Å². The second-order valence-electron chi connectivity index (χ2n) is 10.6. The number of halogens is 3. The average Bonchev–Trinajstić information content (AvgIpc) is 3.42. The van der Waals surface area contributed by atoms with Crippen molar-refractivity contribution in [2.24, 2.45) is 4.40 Å². The van der Waals surface area contributed by atoms with Gasteiger partial charge in [-0.05, 0) is 49.6 Å². The molecule has 2 aromatic rings. The first-order chi connectivity index (χ1) is 19.8. The summed E-state index contributed by atoms with van der Waals surface area (Å²) in [5, 5.41) is 4.85. The number of nitrogens with zero attached hydrogens (tertiary/aromatic N) is 5. The first-order valence-corrected chi connectivity index (χ1v) is 15.8. The first-order valence-electron chi connectivity index (χ1n) is 13.6. The van der Waals surface area contributed by atoms with Crippen molar-refractivity contribution in [3.63, 3.8) is 0 Å². The number of likely N-dealkylation sites (tertiary alicyclic amines) is 1. The van der Waals surface area contributed by atoms with E-state index in [4.69, 9.17) is 9.28 Å². The van der Waals surface area contributed by atoms with Crippen LogP contribution in [0.1, 0.15) is 50.8 Å². The van der Waals surface area contributed by atoms with E-state index < -0.39 is 38.2 Å². The van der Waals surface area contributed by atoms with Crippen LogP contribution in [0.15, 0.2) is 82.6 Å². The van der Waals surface area contributed by atoms with E-state index in [2.05, 4.69) is 16.0 Å². The molecule has 1 aliphatic carbocycles. The Labute approximate surface area is 244 Å². The zero-order valence-corrected chi connectivity index (χ0v) is 25.0. The molecule has 1 saturated heterocycles. The van der Waals surface area contributed by atoms with Crippen molar-refractivity contribution >= 4 is 21.2 Å². The molecule has 1 amide bonds. The highest BCUT2D eigenvalue weighted by Gasteiger charge is 2.37. The molecule has 0 bridgehead atoms. The molecule has 0 saturated carbocycles. The van der Waals surface area contributed by atoms with Crippen molar-refractivity contribution in [3.8, 4) is 11.1 Å². The molecule has 3 heterocycles. The molecule has 1 fully saturated rings. The highest BCUT2D eigenvalue weighted by Crippen LogP contribution is 2.41. The number of piperidine rings is 1. The van der Waals surface area contributed by atoms with E-state index in [1.807, 2.05) is 23.0 Å². The van der Waals surface area contributed by atoms with Crippen molar-refractivity contribution in [1.29, 1.82) is 0 Å². The largest absolute Gasteiger partial charge is 0.343 e. The molecule has 0 N–H and O–H groups in total. The van der Waals surface area contributed by atoms with Crippen molar-refractivity contribution in [1.82, 2.24) is 19.7 Å². The predicted octanol–water partition coefficient (Wildman–Crippen LogP) is 6.12. The van der Waals surface area contributed by atoms with Gasteiger partial charge in [0.25, 0.3) is 0 Å². The van der Waals surface area contributed by atoms with Crippen LogP contribution in [-0.2, 0) is 18.5 Å². The third-order valence-corrected chi connectivity index (χ3v) is 10.8. The summed E-state index contributed by atoms with van der Waals surface area (Å²) in [5.74, 6) is -2.76. The van der Waals surface area contributed by atoms with Crippen LogP contribution in [0, 0.1) is 0 Å². The standard InChI is InChI=1S/C30H36F3N5O3S/c1-20(31)9-10-27(32)21(2)42(5,40,41-4)36-28-8-6-7-25(29(28)33)30-26(23-11-15-34-16-12-23)19-38(35-30)24-13-17-37(18-14-24)22(3)39/h6-7,9-12,15-16,19,24-25,29H,1,8,13-14,17-18H2,2-5H3/b10-9-,27-21-,36-28?. The summed E-state index contributed by atoms with van der Waals surface area (Å²) < 4.78 is 69.8. The Kier molecular flexibility index (Phi) is 9.17. The van der Waals surface area contributed by atoms with Crippen LogP contribution in [0.4, 0.5) is 13.2 Å². The van der Waals surface area contributed by atoms with Gasteiger partial charge < -0.3 is 4.90 Å².